The van der Waals surface area contributed by atoms with E-state index in [0.717, 1.165) is 25.2 Å². The van der Waals surface area contributed by atoms with E-state index < -0.39 is 0 Å². The SMILES string of the molecule is CC(Cl)CCNCc1cn(C)nn1. The van der Waals surface area contributed by atoms with Crippen molar-refractivity contribution < 1.29 is 0 Å². The average Bonchev–Trinajstić information content (AvgIpc) is 2.45. The summed E-state index contributed by atoms with van der Waals surface area (Å²) in [5.74, 6) is 0. The fourth-order valence-electron chi connectivity index (χ4n) is 0.994. The molecule has 1 rings (SSSR count). The van der Waals surface area contributed by atoms with Crippen molar-refractivity contribution in [1.29, 1.82) is 0 Å². The minimum atomic E-state index is 0.231. The van der Waals surface area contributed by atoms with Crippen molar-refractivity contribution in [3.8, 4) is 0 Å². The molecular weight excluding hydrogens is 188 g/mol. The molecule has 0 saturated heterocycles. The summed E-state index contributed by atoms with van der Waals surface area (Å²) in [5, 5.41) is 11.3. The molecule has 1 N–H and O–H groups in total. The molecule has 1 unspecified atom stereocenters. The number of halogens is 1. The van der Waals surface area contributed by atoms with Crippen LogP contribution in [0.4, 0.5) is 0 Å². The van der Waals surface area contributed by atoms with E-state index >= 15 is 0 Å². The lowest BCUT2D eigenvalue weighted by molar-refractivity contribution is 0.634. The van der Waals surface area contributed by atoms with Gasteiger partial charge >= 0.3 is 0 Å². The van der Waals surface area contributed by atoms with Crippen LogP contribution in [0.25, 0.3) is 0 Å². The molecule has 0 aliphatic heterocycles. The van der Waals surface area contributed by atoms with Gasteiger partial charge in [0.1, 0.15) is 0 Å². The molecule has 4 nitrogen and oxygen atoms in total. The second-order valence-corrected chi connectivity index (χ2v) is 3.87. The summed E-state index contributed by atoms with van der Waals surface area (Å²) in [5.41, 5.74) is 0.963. The molecule has 1 aromatic heterocycles. The van der Waals surface area contributed by atoms with Crippen LogP contribution in [0, 0.1) is 0 Å². The number of hydrogen-bond donors (Lipinski definition) is 1. The molecule has 5 heteroatoms. The van der Waals surface area contributed by atoms with E-state index in [9.17, 15) is 0 Å². The lowest BCUT2D eigenvalue weighted by Gasteiger charge is -2.02. The third-order valence-electron chi connectivity index (χ3n) is 1.68. The van der Waals surface area contributed by atoms with Gasteiger partial charge in [-0.05, 0) is 19.9 Å². The number of nitrogens with one attached hydrogen (secondary N) is 1. The van der Waals surface area contributed by atoms with Crippen LogP contribution in [-0.2, 0) is 13.6 Å². The molecule has 0 spiro atoms. The fraction of sp³-hybridized carbons (Fsp3) is 0.750. The first-order chi connectivity index (χ1) is 6.18. The summed E-state index contributed by atoms with van der Waals surface area (Å²) in [6, 6.07) is 0. The van der Waals surface area contributed by atoms with Gasteiger partial charge in [-0.25, -0.2) is 0 Å². The first-order valence-electron chi connectivity index (χ1n) is 4.38. The molecule has 13 heavy (non-hydrogen) atoms. The molecule has 1 heterocycles. The molecule has 1 atom stereocenters. The Morgan fingerprint density at radius 2 is 2.46 bits per heavy atom. The van der Waals surface area contributed by atoms with Crippen molar-refractivity contribution >= 4 is 11.6 Å². The van der Waals surface area contributed by atoms with Crippen LogP contribution in [0.3, 0.4) is 0 Å². The molecule has 0 radical (unpaired) electrons. The van der Waals surface area contributed by atoms with Crippen LogP contribution >= 0.6 is 11.6 Å². The Labute approximate surface area is 83.3 Å². The molecule has 0 amide bonds. The summed E-state index contributed by atoms with van der Waals surface area (Å²) >= 11 is 5.79. The van der Waals surface area contributed by atoms with Gasteiger partial charge < -0.3 is 5.32 Å². The standard InChI is InChI=1S/C8H15ClN4/c1-7(9)3-4-10-5-8-6-13(2)12-11-8/h6-7,10H,3-5H2,1-2H3. The van der Waals surface area contributed by atoms with Gasteiger partial charge in [0.2, 0.25) is 0 Å². The molecular formula is C8H15ClN4. The lowest BCUT2D eigenvalue weighted by atomic mass is 10.3. The summed E-state index contributed by atoms with van der Waals surface area (Å²) in [6.07, 6.45) is 2.87. The van der Waals surface area contributed by atoms with Gasteiger partial charge in [0.15, 0.2) is 0 Å². The summed E-state index contributed by atoms with van der Waals surface area (Å²) in [4.78, 5) is 0. The van der Waals surface area contributed by atoms with Gasteiger partial charge in [-0.1, -0.05) is 5.21 Å². The molecule has 0 aliphatic carbocycles. The quantitative estimate of drug-likeness (QED) is 0.571. The van der Waals surface area contributed by atoms with Gasteiger partial charge in [0.25, 0.3) is 0 Å². The monoisotopic (exact) mass is 202 g/mol. The smallest absolute Gasteiger partial charge is 0.0964 e. The van der Waals surface area contributed by atoms with Gasteiger partial charge in [0.05, 0.1) is 5.69 Å². The van der Waals surface area contributed by atoms with Crippen molar-refractivity contribution in [1.82, 2.24) is 20.3 Å². The van der Waals surface area contributed by atoms with Crippen molar-refractivity contribution in [3.05, 3.63) is 11.9 Å². The number of hydrogen-bond acceptors (Lipinski definition) is 3. The molecule has 0 aliphatic rings. The molecule has 0 aromatic carbocycles. The minimum absolute atomic E-state index is 0.231. The Bertz CT molecular complexity index is 246. The zero-order valence-electron chi connectivity index (χ0n) is 8.00. The summed E-state index contributed by atoms with van der Waals surface area (Å²) < 4.78 is 1.70. The van der Waals surface area contributed by atoms with E-state index in [0.29, 0.717) is 0 Å². The maximum Gasteiger partial charge on any atom is 0.0964 e. The van der Waals surface area contributed by atoms with Crippen molar-refractivity contribution in [2.24, 2.45) is 7.05 Å². The highest BCUT2D eigenvalue weighted by atomic mass is 35.5. The molecule has 74 valence electrons. The first-order valence-corrected chi connectivity index (χ1v) is 4.82. The predicted octanol–water partition coefficient (Wildman–Crippen LogP) is 0.922. The number of aromatic nitrogens is 3. The minimum Gasteiger partial charge on any atom is -0.311 e. The average molecular weight is 203 g/mol. The highest BCUT2D eigenvalue weighted by Crippen LogP contribution is 1.98. The zero-order chi connectivity index (χ0) is 9.68. The van der Waals surface area contributed by atoms with Crippen LogP contribution in [0.5, 0.6) is 0 Å². The normalized spacial score (nSPS) is 13.2. The van der Waals surface area contributed by atoms with E-state index in [1.54, 1.807) is 4.68 Å². The van der Waals surface area contributed by atoms with E-state index in [1.807, 2.05) is 20.2 Å². The lowest BCUT2D eigenvalue weighted by Crippen LogP contribution is -2.17. The highest BCUT2D eigenvalue weighted by molar-refractivity contribution is 6.20. The third kappa shape index (κ3) is 4.24. The Hall–Kier alpha value is -0.610. The van der Waals surface area contributed by atoms with Crippen LogP contribution < -0.4 is 5.32 Å². The molecule has 1 aromatic rings. The van der Waals surface area contributed by atoms with E-state index in [1.165, 1.54) is 0 Å². The van der Waals surface area contributed by atoms with Gasteiger partial charge in [-0.2, -0.15) is 0 Å². The topological polar surface area (TPSA) is 42.7 Å². The van der Waals surface area contributed by atoms with Crippen molar-refractivity contribution in [2.45, 2.75) is 25.3 Å². The van der Waals surface area contributed by atoms with Crippen molar-refractivity contribution in [2.75, 3.05) is 6.54 Å². The maximum absolute atomic E-state index is 5.79. The largest absolute Gasteiger partial charge is 0.311 e. The first kappa shape index (κ1) is 10.5. The van der Waals surface area contributed by atoms with Crippen LogP contribution in [0.2, 0.25) is 0 Å². The molecule has 0 saturated carbocycles. The summed E-state index contributed by atoms with van der Waals surface area (Å²) in [6.45, 7) is 3.67. The van der Waals surface area contributed by atoms with Crippen molar-refractivity contribution in [3.63, 3.8) is 0 Å². The Morgan fingerprint density at radius 3 is 3.00 bits per heavy atom. The molecule has 0 bridgehead atoms. The Balaban J connectivity index is 2.13. The fourth-order valence-corrected chi connectivity index (χ4v) is 1.10. The maximum atomic E-state index is 5.79. The second kappa shape index (κ2) is 5.19. The van der Waals surface area contributed by atoms with Gasteiger partial charge in [-0.3, -0.25) is 4.68 Å². The zero-order valence-corrected chi connectivity index (χ0v) is 8.75. The number of aryl methyl sites for hydroxylation is 1. The number of nitrogens with zero attached hydrogens (tertiary/aromatic N) is 3. The summed E-state index contributed by atoms with van der Waals surface area (Å²) in [7, 11) is 1.86. The van der Waals surface area contributed by atoms with E-state index in [-0.39, 0.29) is 5.38 Å². The van der Waals surface area contributed by atoms with E-state index in [2.05, 4.69) is 15.6 Å². The number of alkyl halides is 1. The van der Waals surface area contributed by atoms with Gasteiger partial charge in [-0.15, -0.1) is 16.7 Å². The molecule has 0 fully saturated rings. The third-order valence-corrected chi connectivity index (χ3v) is 1.89. The van der Waals surface area contributed by atoms with Gasteiger partial charge in [0, 0.05) is 25.2 Å². The van der Waals surface area contributed by atoms with Crippen LogP contribution in [0.1, 0.15) is 19.0 Å². The van der Waals surface area contributed by atoms with Crippen LogP contribution in [-0.4, -0.2) is 26.9 Å². The Kier molecular flexibility index (Phi) is 4.18. The Morgan fingerprint density at radius 1 is 1.69 bits per heavy atom. The van der Waals surface area contributed by atoms with Crippen LogP contribution in [0.15, 0.2) is 6.20 Å². The highest BCUT2D eigenvalue weighted by Gasteiger charge is 1.98. The van der Waals surface area contributed by atoms with E-state index in [4.69, 9.17) is 11.6 Å². The predicted molar refractivity (Wildman–Crippen MR) is 52.6 cm³/mol. The number of rotatable bonds is 5. The second-order valence-electron chi connectivity index (χ2n) is 3.13.